The summed E-state index contributed by atoms with van der Waals surface area (Å²) in [5, 5.41) is 13.7. The van der Waals surface area contributed by atoms with E-state index in [9.17, 15) is 9.50 Å². The van der Waals surface area contributed by atoms with Crippen molar-refractivity contribution in [3.05, 3.63) is 35.6 Å². The number of benzene rings is 1. The zero-order valence-electron chi connectivity index (χ0n) is 16.1. The van der Waals surface area contributed by atoms with Crippen molar-refractivity contribution in [3.8, 4) is 0 Å². The molecule has 0 aliphatic carbocycles. The lowest BCUT2D eigenvalue weighted by atomic mass is 10.1. The summed E-state index contributed by atoms with van der Waals surface area (Å²) in [6.45, 7) is 9.88. The van der Waals surface area contributed by atoms with Crippen molar-refractivity contribution in [2.24, 2.45) is 10.9 Å². The zero-order valence-corrected chi connectivity index (χ0v) is 16.1. The number of aliphatic hydroxyl groups is 1. The highest BCUT2D eigenvalue weighted by molar-refractivity contribution is 5.80. The van der Waals surface area contributed by atoms with Gasteiger partial charge in [0.25, 0.3) is 0 Å². The van der Waals surface area contributed by atoms with Crippen LogP contribution in [0, 0.1) is 11.7 Å². The van der Waals surface area contributed by atoms with Crippen molar-refractivity contribution in [3.63, 3.8) is 0 Å². The van der Waals surface area contributed by atoms with Crippen molar-refractivity contribution < 1.29 is 14.2 Å². The Morgan fingerprint density at radius 1 is 1.30 bits per heavy atom. The lowest BCUT2D eigenvalue weighted by Crippen LogP contribution is -2.42. The Morgan fingerprint density at radius 3 is 2.74 bits per heavy atom. The van der Waals surface area contributed by atoms with Crippen LogP contribution in [0.5, 0.6) is 0 Å². The standard InChI is InChI=1S/C20H31FN4O2/c1-2-22-20(23-13-19(26)17-3-5-18(21)6-4-17)25-8-7-16(15-25)14-24-9-11-27-12-10-24/h3-6,16,19,26H,2,7-15H2,1H3,(H,22,23). The Bertz CT molecular complexity index is 605. The van der Waals surface area contributed by atoms with Crippen molar-refractivity contribution in [1.82, 2.24) is 15.1 Å². The Kier molecular flexibility index (Phi) is 7.43. The van der Waals surface area contributed by atoms with Gasteiger partial charge in [0.05, 0.1) is 25.9 Å². The van der Waals surface area contributed by atoms with Gasteiger partial charge in [0.15, 0.2) is 5.96 Å². The first kappa shape index (κ1) is 20.0. The van der Waals surface area contributed by atoms with Crippen LogP contribution >= 0.6 is 0 Å². The molecule has 2 aliphatic rings. The molecular weight excluding hydrogens is 347 g/mol. The van der Waals surface area contributed by atoms with E-state index in [0.717, 1.165) is 64.9 Å². The Balaban J connectivity index is 1.54. The van der Waals surface area contributed by atoms with Gasteiger partial charge in [-0.05, 0) is 37.0 Å². The third kappa shape index (κ3) is 5.89. The number of halogens is 1. The van der Waals surface area contributed by atoms with Crippen molar-refractivity contribution in [2.45, 2.75) is 19.4 Å². The fraction of sp³-hybridized carbons (Fsp3) is 0.650. The molecule has 2 N–H and O–H groups in total. The molecule has 7 heteroatoms. The first-order chi connectivity index (χ1) is 13.2. The second-order valence-electron chi connectivity index (χ2n) is 7.28. The number of aliphatic imine (C=N–C) groups is 1. The van der Waals surface area contributed by atoms with Crippen LogP contribution in [0.4, 0.5) is 4.39 Å². The smallest absolute Gasteiger partial charge is 0.194 e. The molecule has 2 heterocycles. The molecule has 1 aromatic rings. The van der Waals surface area contributed by atoms with Gasteiger partial charge in [0.2, 0.25) is 0 Å². The molecule has 0 aromatic heterocycles. The number of nitrogens with zero attached hydrogens (tertiary/aromatic N) is 3. The van der Waals surface area contributed by atoms with Crippen LogP contribution in [0.1, 0.15) is 25.0 Å². The fourth-order valence-electron chi connectivity index (χ4n) is 3.71. The predicted molar refractivity (Wildman–Crippen MR) is 104 cm³/mol. The minimum atomic E-state index is -0.731. The minimum Gasteiger partial charge on any atom is -0.386 e. The van der Waals surface area contributed by atoms with Gasteiger partial charge in [-0.2, -0.15) is 0 Å². The summed E-state index contributed by atoms with van der Waals surface area (Å²) in [5.41, 5.74) is 0.683. The molecule has 1 aromatic carbocycles. The molecule has 150 valence electrons. The average molecular weight is 378 g/mol. The van der Waals surface area contributed by atoms with E-state index < -0.39 is 6.10 Å². The maximum absolute atomic E-state index is 13.0. The fourth-order valence-corrected chi connectivity index (χ4v) is 3.71. The third-order valence-corrected chi connectivity index (χ3v) is 5.21. The van der Waals surface area contributed by atoms with E-state index in [1.165, 1.54) is 12.1 Å². The van der Waals surface area contributed by atoms with Crippen LogP contribution in [0.2, 0.25) is 0 Å². The van der Waals surface area contributed by atoms with Crippen LogP contribution in [0.15, 0.2) is 29.3 Å². The molecule has 3 rings (SSSR count). The normalized spacial score (nSPS) is 22.9. The van der Waals surface area contributed by atoms with Crippen LogP contribution in [0.3, 0.4) is 0 Å². The van der Waals surface area contributed by atoms with Gasteiger partial charge in [-0.1, -0.05) is 12.1 Å². The van der Waals surface area contributed by atoms with Crippen LogP contribution in [0.25, 0.3) is 0 Å². The maximum atomic E-state index is 13.0. The molecule has 2 saturated heterocycles. The lowest BCUT2D eigenvalue weighted by molar-refractivity contribution is 0.0315. The van der Waals surface area contributed by atoms with Gasteiger partial charge in [0.1, 0.15) is 5.82 Å². The number of hydrogen-bond donors (Lipinski definition) is 2. The molecule has 0 radical (unpaired) electrons. The van der Waals surface area contributed by atoms with E-state index in [2.05, 4.69) is 20.1 Å². The highest BCUT2D eigenvalue weighted by Gasteiger charge is 2.27. The Morgan fingerprint density at radius 2 is 2.04 bits per heavy atom. The van der Waals surface area contributed by atoms with Crippen molar-refractivity contribution >= 4 is 5.96 Å². The van der Waals surface area contributed by atoms with Gasteiger partial charge >= 0.3 is 0 Å². The van der Waals surface area contributed by atoms with E-state index in [1.807, 2.05) is 6.92 Å². The number of aliphatic hydroxyl groups excluding tert-OH is 1. The van der Waals surface area contributed by atoms with E-state index >= 15 is 0 Å². The summed E-state index contributed by atoms with van der Waals surface area (Å²) in [5.74, 6) is 1.18. The molecule has 2 unspecified atom stereocenters. The number of likely N-dealkylation sites (tertiary alicyclic amines) is 1. The molecule has 2 atom stereocenters. The number of ether oxygens (including phenoxy) is 1. The van der Waals surface area contributed by atoms with Gasteiger partial charge in [-0.25, -0.2) is 4.39 Å². The van der Waals surface area contributed by atoms with Gasteiger partial charge in [0, 0.05) is 39.3 Å². The highest BCUT2D eigenvalue weighted by atomic mass is 19.1. The molecular formula is C20H31FN4O2. The largest absolute Gasteiger partial charge is 0.386 e. The highest BCUT2D eigenvalue weighted by Crippen LogP contribution is 2.19. The molecule has 2 aliphatic heterocycles. The molecule has 0 saturated carbocycles. The van der Waals surface area contributed by atoms with Crippen molar-refractivity contribution in [1.29, 1.82) is 0 Å². The number of rotatable bonds is 6. The zero-order chi connectivity index (χ0) is 19.1. The molecule has 2 fully saturated rings. The molecule has 0 spiro atoms. The van der Waals surface area contributed by atoms with Crippen molar-refractivity contribution in [2.75, 3.05) is 59.0 Å². The van der Waals surface area contributed by atoms with E-state index in [1.54, 1.807) is 12.1 Å². The summed E-state index contributed by atoms with van der Waals surface area (Å²) < 4.78 is 18.5. The summed E-state index contributed by atoms with van der Waals surface area (Å²) in [7, 11) is 0. The lowest BCUT2D eigenvalue weighted by Gasteiger charge is -2.29. The monoisotopic (exact) mass is 378 g/mol. The molecule has 6 nitrogen and oxygen atoms in total. The van der Waals surface area contributed by atoms with E-state index in [-0.39, 0.29) is 12.4 Å². The first-order valence-corrected chi connectivity index (χ1v) is 9.92. The molecule has 0 bridgehead atoms. The first-order valence-electron chi connectivity index (χ1n) is 9.92. The van der Waals surface area contributed by atoms with Crippen LogP contribution in [-0.4, -0.2) is 79.9 Å². The topological polar surface area (TPSA) is 60.3 Å². The molecule has 27 heavy (non-hydrogen) atoms. The predicted octanol–water partition coefficient (Wildman–Crippen LogP) is 1.48. The number of hydrogen-bond acceptors (Lipinski definition) is 4. The summed E-state index contributed by atoms with van der Waals surface area (Å²) in [6, 6.07) is 5.95. The number of guanidine groups is 1. The van der Waals surface area contributed by atoms with Gasteiger partial charge in [-0.15, -0.1) is 0 Å². The second kappa shape index (κ2) is 10.0. The summed E-state index contributed by atoms with van der Waals surface area (Å²) in [4.78, 5) is 9.40. The number of nitrogens with one attached hydrogen (secondary N) is 1. The molecule has 0 amide bonds. The van der Waals surface area contributed by atoms with E-state index in [0.29, 0.717) is 11.5 Å². The maximum Gasteiger partial charge on any atom is 0.194 e. The minimum absolute atomic E-state index is 0.262. The Labute approximate surface area is 161 Å². The van der Waals surface area contributed by atoms with Crippen LogP contribution < -0.4 is 5.32 Å². The van der Waals surface area contributed by atoms with E-state index in [4.69, 9.17) is 4.74 Å². The number of morpholine rings is 1. The summed E-state index contributed by atoms with van der Waals surface area (Å²) >= 11 is 0. The average Bonchev–Trinajstić information content (AvgIpc) is 3.14. The Hall–Kier alpha value is -1.70. The van der Waals surface area contributed by atoms with Gasteiger partial charge in [-0.3, -0.25) is 9.89 Å². The van der Waals surface area contributed by atoms with Gasteiger partial charge < -0.3 is 20.1 Å². The SMILES string of the molecule is CCNC(=NCC(O)c1ccc(F)cc1)N1CCC(CN2CCOCC2)C1. The second-order valence-corrected chi connectivity index (χ2v) is 7.28. The summed E-state index contributed by atoms with van der Waals surface area (Å²) in [6.07, 6.45) is 0.424. The third-order valence-electron chi connectivity index (χ3n) is 5.21. The quantitative estimate of drug-likeness (QED) is 0.580. The van der Waals surface area contributed by atoms with Crippen LogP contribution in [-0.2, 0) is 4.74 Å².